The first-order chi connectivity index (χ1) is 7.66. The Labute approximate surface area is 96.2 Å². The monoisotopic (exact) mass is 218 g/mol. The van der Waals surface area contributed by atoms with Crippen molar-refractivity contribution in [2.24, 2.45) is 5.92 Å². The quantitative estimate of drug-likeness (QED) is 0.796. The summed E-state index contributed by atoms with van der Waals surface area (Å²) >= 11 is 0. The predicted octanol–water partition coefficient (Wildman–Crippen LogP) is 1.93. The largest absolute Gasteiger partial charge is 0.325 e. The highest BCUT2D eigenvalue weighted by molar-refractivity contribution is 5.95. The minimum absolute atomic E-state index is 0.0412. The van der Waals surface area contributed by atoms with Gasteiger partial charge in [-0.05, 0) is 43.5 Å². The molecule has 0 spiro atoms. The lowest BCUT2D eigenvalue weighted by Gasteiger charge is -2.15. The zero-order chi connectivity index (χ0) is 11.5. The van der Waals surface area contributed by atoms with Gasteiger partial charge in [0.05, 0.1) is 6.04 Å². The van der Waals surface area contributed by atoms with Gasteiger partial charge in [-0.1, -0.05) is 19.1 Å². The van der Waals surface area contributed by atoms with Crippen molar-refractivity contribution in [3.05, 3.63) is 29.8 Å². The Bertz CT molecular complexity index is 389. The topological polar surface area (TPSA) is 41.1 Å². The van der Waals surface area contributed by atoms with Gasteiger partial charge in [-0.25, -0.2) is 0 Å². The van der Waals surface area contributed by atoms with Crippen LogP contribution < -0.4 is 10.6 Å². The van der Waals surface area contributed by atoms with E-state index in [1.807, 2.05) is 31.2 Å². The van der Waals surface area contributed by atoms with Crippen LogP contribution in [0.3, 0.4) is 0 Å². The van der Waals surface area contributed by atoms with Gasteiger partial charge >= 0.3 is 0 Å². The molecule has 1 aromatic rings. The van der Waals surface area contributed by atoms with E-state index >= 15 is 0 Å². The summed E-state index contributed by atoms with van der Waals surface area (Å²) in [5, 5.41) is 6.18. The summed E-state index contributed by atoms with van der Waals surface area (Å²) in [5.74, 6) is 0.500. The molecule has 1 aromatic carbocycles. The molecule has 2 rings (SSSR count). The van der Waals surface area contributed by atoms with Crippen molar-refractivity contribution in [1.29, 1.82) is 0 Å². The lowest BCUT2D eigenvalue weighted by Crippen LogP contribution is -2.39. The van der Waals surface area contributed by atoms with Crippen LogP contribution >= 0.6 is 0 Å². The number of nitrogens with one attached hydrogen (secondary N) is 2. The molecule has 1 heterocycles. The summed E-state index contributed by atoms with van der Waals surface area (Å²) in [6, 6.07) is 7.84. The normalized spacial score (nSPS) is 24.4. The molecule has 2 unspecified atom stereocenters. The third kappa shape index (κ3) is 2.42. The van der Waals surface area contributed by atoms with Crippen molar-refractivity contribution in [3.63, 3.8) is 0 Å². The van der Waals surface area contributed by atoms with E-state index in [-0.39, 0.29) is 11.9 Å². The highest BCUT2D eigenvalue weighted by Gasteiger charge is 2.29. The fourth-order valence-corrected chi connectivity index (χ4v) is 2.13. The molecule has 0 bridgehead atoms. The lowest BCUT2D eigenvalue weighted by atomic mass is 10.0. The lowest BCUT2D eigenvalue weighted by molar-refractivity contribution is -0.118. The van der Waals surface area contributed by atoms with Crippen LogP contribution in [0.1, 0.15) is 18.9 Å². The van der Waals surface area contributed by atoms with Crippen molar-refractivity contribution in [2.45, 2.75) is 26.3 Å². The molecule has 2 atom stereocenters. The third-order valence-corrected chi connectivity index (χ3v) is 3.10. The van der Waals surface area contributed by atoms with Crippen LogP contribution in [0, 0.1) is 12.8 Å². The van der Waals surface area contributed by atoms with E-state index in [4.69, 9.17) is 0 Å². The molecule has 0 radical (unpaired) electrons. The molecular formula is C13H18N2O. The molecule has 16 heavy (non-hydrogen) atoms. The number of hydrogen-bond acceptors (Lipinski definition) is 2. The van der Waals surface area contributed by atoms with Crippen LogP contribution in [-0.4, -0.2) is 18.5 Å². The SMILES string of the molecule is Cc1cccc(NC(=O)C2NCCC2C)c1. The Morgan fingerprint density at radius 1 is 1.50 bits per heavy atom. The maximum Gasteiger partial charge on any atom is 0.241 e. The number of hydrogen-bond donors (Lipinski definition) is 2. The molecule has 1 amide bonds. The summed E-state index contributed by atoms with van der Waals surface area (Å²) in [6.07, 6.45) is 1.08. The number of carbonyl (C=O) groups is 1. The van der Waals surface area contributed by atoms with Crippen molar-refractivity contribution in [3.8, 4) is 0 Å². The van der Waals surface area contributed by atoms with Crippen LogP contribution in [0.25, 0.3) is 0 Å². The van der Waals surface area contributed by atoms with Gasteiger partial charge in [0, 0.05) is 5.69 Å². The molecule has 1 aliphatic heterocycles. The van der Waals surface area contributed by atoms with Gasteiger partial charge in [-0.2, -0.15) is 0 Å². The first-order valence-corrected chi connectivity index (χ1v) is 5.78. The third-order valence-electron chi connectivity index (χ3n) is 3.10. The number of amides is 1. The molecule has 3 heteroatoms. The van der Waals surface area contributed by atoms with Crippen molar-refractivity contribution < 1.29 is 4.79 Å². The Morgan fingerprint density at radius 2 is 2.31 bits per heavy atom. The Morgan fingerprint density at radius 3 is 2.94 bits per heavy atom. The maximum atomic E-state index is 12.0. The van der Waals surface area contributed by atoms with Gasteiger partial charge in [0.1, 0.15) is 0 Å². The molecule has 0 aromatic heterocycles. The van der Waals surface area contributed by atoms with E-state index < -0.39 is 0 Å². The van der Waals surface area contributed by atoms with Crippen molar-refractivity contribution in [1.82, 2.24) is 5.32 Å². The van der Waals surface area contributed by atoms with E-state index in [0.29, 0.717) is 5.92 Å². The molecule has 2 N–H and O–H groups in total. The van der Waals surface area contributed by atoms with Crippen molar-refractivity contribution in [2.75, 3.05) is 11.9 Å². The van der Waals surface area contributed by atoms with E-state index in [9.17, 15) is 4.79 Å². The molecule has 0 saturated carbocycles. The summed E-state index contributed by atoms with van der Waals surface area (Å²) < 4.78 is 0. The van der Waals surface area contributed by atoms with Crippen molar-refractivity contribution >= 4 is 11.6 Å². The van der Waals surface area contributed by atoms with E-state index in [1.54, 1.807) is 0 Å². The van der Waals surface area contributed by atoms with E-state index in [1.165, 1.54) is 0 Å². The molecule has 1 aliphatic rings. The summed E-state index contributed by atoms with van der Waals surface area (Å²) in [7, 11) is 0. The highest BCUT2D eigenvalue weighted by atomic mass is 16.2. The van der Waals surface area contributed by atoms with E-state index in [0.717, 1.165) is 24.2 Å². The van der Waals surface area contributed by atoms with Gasteiger partial charge in [-0.3, -0.25) is 4.79 Å². The Balaban J connectivity index is 2.02. The number of rotatable bonds is 2. The summed E-state index contributed by atoms with van der Waals surface area (Å²) in [5.41, 5.74) is 2.04. The number of anilines is 1. The fraction of sp³-hybridized carbons (Fsp3) is 0.462. The average molecular weight is 218 g/mol. The van der Waals surface area contributed by atoms with Crippen LogP contribution in [0.2, 0.25) is 0 Å². The van der Waals surface area contributed by atoms with Crippen LogP contribution in [0.4, 0.5) is 5.69 Å². The minimum Gasteiger partial charge on any atom is -0.325 e. The molecule has 3 nitrogen and oxygen atoms in total. The Kier molecular flexibility index (Phi) is 3.25. The first kappa shape index (κ1) is 11.1. The van der Waals surface area contributed by atoms with Gasteiger partial charge in [0.2, 0.25) is 5.91 Å². The first-order valence-electron chi connectivity index (χ1n) is 5.78. The number of aryl methyl sites for hydroxylation is 1. The van der Waals surface area contributed by atoms with E-state index in [2.05, 4.69) is 17.6 Å². The standard InChI is InChI=1S/C13H18N2O/c1-9-4-3-5-11(8-9)15-13(16)12-10(2)6-7-14-12/h3-5,8,10,12,14H,6-7H2,1-2H3,(H,15,16). The number of benzene rings is 1. The van der Waals surface area contributed by atoms with Gasteiger partial charge in [0.25, 0.3) is 0 Å². The Hall–Kier alpha value is -1.35. The zero-order valence-electron chi connectivity index (χ0n) is 9.79. The fourth-order valence-electron chi connectivity index (χ4n) is 2.13. The second kappa shape index (κ2) is 4.66. The number of carbonyl (C=O) groups excluding carboxylic acids is 1. The highest BCUT2D eigenvalue weighted by Crippen LogP contribution is 2.17. The van der Waals surface area contributed by atoms with Gasteiger partial charge in [0.15, 0.2) is 0 Å². The molecule has 1 saturated heterocycles. The average Bonchev–Trinajstić information content (AvgIpc) is 2.64. The molecule has 1 fully saturated rings. The summed E-state index contributed by atoms with van der Waals surface area (Å²) in [4.78, 5) is 12.0. The second-order valence-corrected chi connectivity index (χ2v) is 4.56. The molecular weight excluding hydrogens is 200 g/mol. The maximum absolute atomic E-state index is 12.0. The second-order valence-electron chi connectivity index (χ2n) is 4.56. The smallest absolute Gasteiger partial charge is 0.241 e. The summed E-state index contributed by atoms with van der Waals surface area (Å²) in [6.45, 7) is 5.07. The van der Waals surface area contributed by atoms with Gasteiger partial charge < -0.3 is 10.6 Å². The molecule has 0 aliphatic carbocycles. The zero-order valence-corrected chi connectivity index (χ0v) is 9.79. The minimum atomic E-state index is -0.0412. The predicted molar refractivity (Wildman–Crippen MR) is 65.4 cm³/mol. The van der Waals surface area contributed by atoms with Crippen LogP contribution in [-0.2, 0) is 4.79 Å². The van der Waals surface area contributed by atoms with Crippen LogP contribution in [0.15, 0.2) is 24.3 Å². The molecule has 86 valence electrons. The van der Waals surface area contributed by atoms with Crippen LogP contribution in [0.5, 0.6) is 0 Å². The van der Waals surface area contributed by atoms with Gasteiger partial charge in [-0.15, -0.1) is 0 Å².